The van der Waals surface area contributed by atoms with E-state index in [-0.39, 0.29) is 18.4 Å². The molecular weight excluding hydrogens is 234 g/mol. The third kappa shape index (κ3) is 2.10. The Morgan fingerprint density at radius 1 is 1.56 bits per heavy atom. The smallest absolute Gasteiger partial charge is 0.248 e. The van der Waals surface area contributed by atoms with Crippen LogP contribution in [0.3, 0.4) is 0 Å². The first-order chi connectivity index (χ1) is 8.34. The molecule has 0 radical (unpaired) electrons. The van der Waals surface area contributed by atoms with Gasteiger partial charge in [0.05, 0.1) is 0 Å². The quantitative estimate of drug-likeness (QED) is 0.584. The normalized spacial score (nSPS) is 34.3. The molecule has 2 aliphatic rings. The summed E-state index contributed by atoms with van der Waals surface area (Å²) in [6.45, 7) is 3.50. The minimum Gasteiger partial charge on any atom is -0.369 e. The minimum absolute atomic E-state index is 0.0428. The molecule has 1 heterocycles. The zero-order chi connectivity index (χ0) is 13.5. The van der Waals surface area contributed by atoms with Crippen molar-refractivity contribution in [2.24, 2.45) is 17.1 Å². The Bertz CT molecular complexity index is 457. The molecule has 98 valence electrons. The Labute approximate surface area is 105 Å². The van der Waals surface area contributed by atoms with Crippen LogP contribution in [0, 0.1) is 11.3 Å². The van der Waals surface area contributed by atoms with Gasteiger partial charge in [-0.1, -0.05) is 6.92 Å². The van der Waals surface area contributed by atoms with Crippen molar-refractivity contribution in [3.8, 4) is 0 Å². The molecular formula is C12H17N3O3. The Morgan fingerprint density at radius 3 is 2.67 bits per heavy atom. The van der Waals surface area contributed by atoms with Gasteiger partial charge < -0.3 is 16.4 Å². The van der Waals surface area contributed by atoms with E-state index in [4.69, 9.17) is 5.73 Å². The third-order valence-corrected chi connectivity index (χ3v) is 3.68. The van der Waals surface area contributed by atoms with Crippen molar-refractivity contribution in [3.05, 3.63) is 11.8 Å². The Kier molecular flexibility index (Phi) is 2.88. The highest BCUT2D eigenvalue weighted by Gasteiger charge is 2.44. The highest BCUT2D eigenvalue weighted by atomic mass is 16.2. The van der Waals surface area contributed by atoms with Gasteiger partial charge >= 0.3 is 0 Å². The fraction of sp³-hybridized carbons (Fsp3) is 0.583. The molecule has 3 atom stereocenters. The zero-order valence-corrected chi connectivity index (χ0v) is 10.4. The van der Waals surface area contributed by atoms with Crippen LogP contribution in [0.1, 0.15) is 26.7 Å². The maximum Gasteiger partial charge on any atom is 0.248 e. The summed E-state index contributed by atoms with van der Waals surface area (Å²) in [7, 11) is 0. The number of carbonyl (C=O) groups is 3. The molecule has 6 heteroatoms. The van der Waals surface area contributed by atoms with Gasteiger partial charge in [0, 0.05) is 24.2 Å². The lowest BCUT2D eigenvalue weighted by Gasteiger charge is -2.28. The molecule has 1 aliphatic carbocycles. The van der Waals surface area contributed by atoms with Gasteiger partial charge in [-0.25, -0.2) is 0 Å². The molecule has 6 nitrogen and oxygen atoms in total. The number of primary amides is 1. The first kappa shape index (κ1) is 12.6. The first-order valence-electron chi connectivity index (χ1n) is 5.95. The fourth-order valence-electron chi connectivity index (χ4n) is 1.95. The topological polar surface area (TPSA) is 101 Å². The van der Waals surface area contributed by atoms with Crippen molar-refractivity contribution in [3.63, 3.8) is 0 Å². The second kappa shape index (κ2) is 4.12. The summed E-state index contributed by atoms with van der Waals surface area (Å²) in [5, 5.41) is 5.28. The van der Waals surface area contributed by atoms with Crippen molar-refractivity contribution >= 4 is 17.7 Å². The van der Waals surface area contributed by atoms with Crippen LogP contribution in [-0.4, -0.2) is 23.8 Å². The highest BCUT2D eigenvalue weighted by Crippen LogP contribution is 2.32. The van der Waals surface area contributed by atoms with Gasteiger partial charge in [0.2, 0.25) is 17.7 Å². The maximum absolute atomic E-state index is 11.9. The molecule has 2 rings (SSSR count). The van der Waals surface area contributed by atoms with Crippen molar-refractivity contribution in [1.82, 2.24) is 10.6 Å². The molecule has 3 amide bonds. The Balaban J connectivity index is 2.08. The maximum atomic E-state index is 11.9. The molecule has 4 N–H and O–H groups in total. The third-order valence-electron chi connectivity index (χ3n) is 3.68. The predicted molar refractivity (Wildman–Crippen MR) is 63.9 cm³/mol. The van der Waals surface area contributed by atoms with E-state index >= 15 is 0 Å². The fourth-order valence-corrected chi connectivity index (χ4v) is 1.95. The van der Waals surface area contributed by atoms with Crippen LogP contribution < -0.4 is 16.4 Å². The lowest BCUT2D eigenvalue weighted by molar-refractivity contribution is -0.140. The van der Waals surface area contributed by atoms with E-state index in [9.17, 15) is 14.4 Å². The van der Waals surface area contributed by atoms with Gasteiger partial charge in [-0.05, 0) is 19.3 Å². The summed E-state index contributed by atoms with van der Waals surface area (Å²) in [5.74, 6) is -0.934. The summed E-state index contributed by atoms with van der Waals surface area (Å²) in [6.07, 6.45) is 2.37. The van der Waals surface area contributed by atoms with Crippen LogP contribution in [0.15, 0.2) is 11.8 Å². The second-order valence-electron chi connectivity index (χ2n) is 5.31. The molecule has 1 fully saturated rings. The van der Waals surface area contributed by atoms with Gasteiger partial charge in [0.1, 0.15) is 5.41 Å². The summed E-state index contributed by atoms with van der Waals surface area (Å²) >= 11 is 0. The number of carbonyl (C=O) groups excluding carboxylic acids is 3. The molecule has 1 saturated carbocycles. The Hall–Kier alpha value is -1.85. The summed E-state index contributed by atoms with van der Waals surface area (Å²) in [4.78, 5) is 34.9. The zero-order valence-electron chi connectivity index (χ0n) is 10.4. The van der Waals surface area contributed by atoms with Crippen molar-refractivity contribution < 1.29 is 14.4 Å². The molecule has 0 bridgehead atoms. The van der Waals surface area contributed by atoms with Gasteiger partial charge in [0.25, 0.3) is 0 Å². The predicted octanol–water partition coefficient (Wildman–Crippen LogP) is -0.594. The van der Waals surface area contributed by atoms with Crippen LogP contribution in [0.5, 0.6) is 0 Å². The van der Waals surface area contributed by atoms with Gasteiger partial charge in [-0.15, -0.1) is 0 Å². The molecule has 0 aromatic heterocycles. The van der Waals surface area contributed by atoms with Crippen LogP contribution in [0.25, 0.3) is 0 Å². The molecule has 0 saturated heterocycles. The van der Waals surface area contributed by atoms with E-state index < -0.39 is 17.2 Å². The number of nitrogens with two attached hydrogens (primary N) is 1. The summed E-state index contributed by atoms with van der Waals surface area (Å²) in [6, 6.07) is 0.205. The van der Waals surface area contributed by atoms with Gasteiger partial charge in [-0.2, -0.15) is 0 Å². The monoisotopic (exact) mass is 251 g/mol. The number of hydrogen-bond donors (Lipinski definition) is 3. The van der Waals surface area contributed by atoms with E-state index in [1.54, 1.807) is 0 Å². The van der Waals surface area contributed by atoms with Crippen molar-refractivity contribution in [2.75, 3.05) is 0 Å². The summed E-state index contributed by atoms with van der Waals surface area (Å²) < 4.78 is 0. The average molecular weight is 251 g/mol. The Morgan fingerprint density at radius 2 is 2.17 bits per heavy atom. The van der Waals surface area contributed by atoms with E-state index in [2.05, 4.69) is 17.6 Å². The largest absolute Gasteiger partial charge is 0.369 e. The molecule has 0 aromatic carbocycles. The lowest BCUT2D eigenvalue weighted by Crippen LogP contribution is -2.50. The number of amides is 3. The number of hydrogen-bond acceptors (Lipinski definition) is 3. The van der Waals surface area contributed by atoms with Crippen LogP contribution >= 0.6 is 0 Å². The van der Waals surface area contributed by atoms with Crippen molar-refractivity contribution in [2.45, 2.75) is 32.7 Å². The molecule has 1 aliphatic heterocycles. The first-order valence-corrected chi connectivity index (χ1v) is 5.95. The van der Waals surface area contributed by atoms with Gasteiger partial charge in [0.15, 0.2) is 0 Å². The van der Waals surface area contributed by atoms with Gasteiger partial charge in [-0.3, -0.25) is 14.4 Å². The highest BCUT2D eigenvalue weighted by molar-refractivity contribution is 6.08. The number of nitrogens with one attached hydrogen (secondary N) is 2. The van der Waals surface area contributed by atoms with E-state index in [1.807, 2.05) is 0 Å². The molecule has 0 spiro atoms. The van der Waals surface area contributed by atoms with Crippen LogP contribution in [-0.2, 0) is 14.4 Å². The number of rotatable bonds is 3. The van der Waals surface area contributed by atoms with Crippen molar-refractivity contribution in [1.29, 1.82) is 0 Å². The molecule has 1 unspecified atom stereocenters. The van der Waals surface area contributed by atoms with E-state index in [1.165, 1.54) is 13.1 Å². The standard InChI is InChI=1S/C12H17N3O3/c1-6-3-8(6)15-9(16)7-4-12(2,10(13)17)11(18)14-5-7/h5-6,8H,3-4H2,1-2H3,(H2,13,17)(H,14,18)(H,15,16)/t6-,8-,12?/m1/s1. The van der Waals surface area contributed by atoms with E-state index in [0.717, 1.165) is 6.42 Å². The van der Waals surface area contributed by atoms with Crippen LogP contribution in [0.4, 0.5) is 0 Å². The molecule has 18 heavy (non-hydrogen) atoms. The lowest BCUT2D eigenvalue weighted by atomic mass is 9.80. The minimum atomic E-state index is -1.35. The second-order valence-corrected chi connectivity index (χ2v) is 5.31. The van der Waals surface area contributed by atoms with Crippen LogP contribution in [0.2, 0.25) is 0 Å². The summed E-state index contributed by atoms with van der Waals surface area (Å²) in [5.41, 5.74) is 4.26. The molecule has 0 aromatic rings. The SMILES string of the molecule is C[C@@H]1C[C@H]1NC(=O)C1=CNC(=O)C(C)(C(N)=O)C1. The van der Waals surface area contributed by atoms with E-state index in [0.29, 0.717) is 11.5 Å². The average Bonchev–Trinajstić information content (AvgIpc) is 2.98.